The van der Waals surface area contributed by atoms with Gasteiger partial charge in [-0.2, -0.15) is 0 Å². The fraction of sp³-hybridized carbons (Fsp3) is 0.833. The number of nitrogens with zero attached hydrogens (tertiary/aromatic N) is 1. The molecule has 1 aliphatic rings. The van der Waals surface area contributed by atoms with Gasteiger partial charge in [-0.05, 0) is 33.4 Å². The van der Waals surface area contributed by atoms with Gasteiger partial charge in [0.2, 0.25) is 0 Å². The minimum absolute atomic E-state index is 0.277. The van der Waals surface area contributed by atoms with Crippen LogP contribution in [0, 0.1) is 0 Å². The van der Waals surface area contributed by atoms with Gasteiger partial charge in [-0.25, -0.2) is 4.79 Å². The standard InChI is InChI=1S/C12H21NO4S/c1-11(2,3)17-10(15)13-7-6-12(8-13,18-5)9(14)16-4/h6-8H2,1-5H3/t12-/m0/s1. The van der Waals surface area contributed by atoms with Crippen LogP contribution in [0.5, 0.6) is 0 Å². The Balaban J connectivity index is 2.70. The summed E-state index contributed by atoms with van der Waals surface area (Å²) in [6.07, 6.45) is 2.08. The number of ether oxygens (including phenoxy) is 2. The molecule has 0 N–H and O–H groups in total. The van der Waals surface area contributed by atoms with Gasteiger partial charge in [0.25, 0.3) is 0 Å². The van der Waals surface area contributed by atoms with Crippen LogP contribution in [-0.4, -0.2) is 53.8 Å². The second-order valence-corrected chi connectivity index (χ2v) is 6.53. The number of rotatable bonds is 2. The zero-order valence-electron chi connectivity index (χ0n) is 11.6. The largest absolute Gasteiger partial charge is 0.468 e. The van der Waals surface area contributed by atoms with Gasteiger partial charge in [0.05, 0.1) is 7.11 Å². The Labute approximate surface area is 112 Å². The van der Waals surface area contributed by atoms with Gasteiger partial charge in [0.15, 0.2) is 0 Å². The Hall–Kier alpha value is -0.910. The van der Waals surface area contributed by atoms with Gasteiger partial charge in [0, 0.05) is 13.1 Å². The number of hydrogen-bond donors (Lipinski definition) is 0. The lowest BCUT2D eigenvalue weighted by atomic mass is 10.1. The molecule has 0 aromatic heterocycles. The van der Waals surface area contributed by atoms with Crippen LogP contribution in [0.4, 0.5) is 4.79 Å². The maximum Gasteiger partial charge on any atom is 0.410 e. The highest BCUT2D eigenvalue weighted by molar-refractivity contribution is 8.00. The molecule has 1 heterocycles. The first-order chi connectivity index (χ1) is 8.24. The van der Waals surface area contributed by atoms with Gasteiger partial charge in [-0.15, -0.1) is 11.8 Å². The smallest absolute Gasteiger partial charge is 0.410 e. The molecule has 0 radical (unpaired) electrons. The van der Waals surface area contributed by atoms with Crippen molar-refractivity contribution in [2.45, 2.75) is 37.5 Å². The van der Waals surface area contributed by atoms with E-state index < -0.39 is 10.3 Å². The van der Waals surface area contributed by atoms with Crippen molar-refractivity contribution in [1.29, 1.82) is 0 Å². The SMILES string of the molecule is COC(=O)[C@]1(SC)CCN(C(=O)OC(C)(C)C)C1. The maximum absolute atomic E-state index is 11.9. The first-order valence-corrected chi connectivity index (χ1v) is 7.08. The maximum atomic E-state index is 11.9. The third kappa shape index (κ3) is 3.31. The zero-order chi connectivity index (χ0) is 14.0. The Morgan fingerprint density at radius 3 is 2.39 bits per heavy atom. The Morgan fingerprint density at radius 1 is 1.33 bits per heavy atom. The molecule has 0 aliphatic carbocycles. The number of likely N-dealkylation sites (tertiary alicyclic amines) is 1. The Bertz CT molecular complexity index is 339. The molecule has 1 saturated heterocycles. The second-order valence-electron chi connectivity index (χ2n) is 5.34. The molecule has 1 fully saturated rings. The third-order valence-corrected chi connectivity index (χ3v) is 4.11. The van der Waals surface area contributed by atoms with E-state index in [-0.39, 0.29) is 12.1 Å². The van der Waals surface area contributed by atoms with Crippen LogP contribution >= 0.6 is 11.8 Å². The van der Waals surface area contributed by atoms with E-state index in [1.54, 1.807) is 4.90 Å². The van der Waals surface area contributed by atoms with Gasteiger partial charge >= 0.3 is 12.1 Å². The van der Waals surface area contributed by atoms with E-state index in [0.717, 1.165) is 0 Å². The summed E-state index contributed by atoms with van der Waals surface area (Å²) in [5, 5.41) is 0. The van der Waals surface area contributed by atoms with Crippen molar-refractivity contribution >= 4 is 23.8 Å². The van der Waals surface area contributed by atoms with Crippen LogP contribution in [0.3, 0.4) is 0 Å². The molecule has 0 unspecified atom stereocenters. The Kier molecular flexibility index (Phi) is 4.53. The summed E-state index contributed by atoms with van der Waals surface area (Å²) < 4.78 is 9.47. The summed E-state index contributed by atoms with van der Waals surface area (Å²) in [6, 6.07) is 0. The van der Waals surface area contributed by atoms with Crippen molar-refractivity contribution in [1.82, 2.24) is 4.90 Å². The second kappa shape index (κ2) is 5.38. The summed E-state index contributed by atoms with van der Waals surface area (Å²) in [6.45, 7) is 6.33. The van der Waals surface area contributed by atoms with Crippen molar-refractivity contribution in [3.05, 3.63) is 0 Å². The predicted octanol–water partition coefficient (Wildman–Crippen LogP) is 1.90. The van der Waals surface area contributed by atoms with E-state index in [1.807, 2.05) is 27.0 Å². The number of methoxy groups -OCH3 is 1. The first kappa shape index (κ1) is 15.1. The molecule has 1 aliphatic heterocycles. The van der Waals surface area contributed by atoms with E-state index in [4.69, 9.17) is 9.47 Å². The number of amides is 1. The third-order valence-electron chi connectivity index (χ3n) is 2.83. The molecule has 0 aromatic carbocycles. The molecular formula is C12H21NO4S. The molecule has 1 amide bonds. The van der Waals surface area contributed by atoms with Crippen LogP contribution in [0.25, 0.3) is 0 Å². The number of hydrogen-bond acceptors (Lipinski definition) is 5. The monoisotopic (exact) mass is 275 g/mol. The van der Waals surface area contributed by atoms with Crippen LogP contribution in [0.2, 0.25) is 0 Å². The topological polar surface area (TPSA) is 55.8 Å². The fourth-order valence-corrected chi connectivity index (χ4v) is 2.70. The molecule has 6 heteroatoms. The van der Waals surface area contributed by atoms with E-state index in [2.05, 4.69) is 0 Å². The first-order valence-electron chi connectivity index (χ1n) is 5.85. The minimum Gasteiger partial charge on any atom is -0.468 e. The molecule has 104 valence electrons. The number of carbonyl (C=O) groups excluding carboxylic acids is 2. The zero-order valence-corrected chi connectivity index (χ0v) is 12.4. The average molecular weight is 275 g/mol. The van der Waals surface area contributed by atoms with Crippen LogP contribution in [-0.2, 0) is 14.3 Å². The lowest BCUT2D eigenvalue weighted by molar-refractivity contribution is -0.143. The molecule has 1 atom stereocenters. The molecular weight excluding hydrogens is 254 g/mol. The highest BCUT2D eigenvalue weighted by atomic mass is 32.2. The molecule has 0 aromatic rings. The van der Waals surface area contributed by atoms with Crippen LogP contribution in [0.15, 0.2) is 0 Å². The molecule has 5 nitrogen and oxygen atoms in total. The average Bonchev–Trinajstić information content (AvgIpc) is 2.71. The van der Waals surface area contributed by atoms with Crippen LogP contribution in [0.1, 0.15) is 27.2 Å². The van der Waals surface area contributed by atoms with Crippen LogP contribution < -0.4 is 0 Å². The van der Waals surface area contributed by atoms with Gasteiger partial charge in [-0.3, -0.25) is 4.79 Å². The summed E-state index contributed by atoms with van der Waals surface area (Å²) in [5.41, 5.74) is -0.521. The molecule has 0 saturated carbocycles. The van der Waals surface area contributed by atoms with E-state index in [9.17, 15) is 9.59 Å². The number of esters is 1. The van der Waals surface area contributed by atoms with Crippen molar-refractivity contribution in [2.75, 3.05) is 26.5 Å². The van der Waals surface area contributed by atoms with Gasteiger partial charge < -0.3 is 14.4 Å². The van der Waals surface area contributed by atoms with E-state index >= 15 is 0 Å². The molecule has 0 bridgehead atoms. The molecule has 18 heavy (non-hydrogen) atoms. The van der Waals surface area contributed by atoms with E-state index in [1.165, 1.54) is 18.9 Å². The Morgan fingerprint density at radius 2 is 1.94 bits per heavy atom. The van der Waals surface area contributed by atoms with Crippen molar-refractivity contribution < 1.29 is 19.1 Å². The quantitative estimate of drug-likeness (QED) is 0.720. The van der Waals surface area contributed by atoms with Crippen molar-refractivity contribution in [2.24, 2.45) is 0 Å². The molecule has 0 spiro atoms. The highest BCUT2D eigenvalue weighted by Gasteiger charge is 2.47. The summed E-state index contributed by atoms with van der Waals surface area (Å²) in [5.74, 6) is -0.277. The highest BCUT2D eigenvalue weighted by Crippen LogP contribution is 2.35. The normalized spacial score (nSPS) is 23.9. The minimum atomic E-state index is -0.647. The summed E-state index contributed by atoms with van der Waals surface area (Å²) in [4.78, 5) is 25.3. The summed E-state index contributed by atoms with van der Waals surface area (Å²) >= 11 is 1.43. The lowest BCUT2D eigenvalue weighted by Gasteiger charge is -2.26. The van der Waals surface area contributed by atoms with Gasteiger partial charge in [-0.1, -0.05) is 0 Å². The summed E-state index contributed by atoms with van der Waals surface area (Å²) in [7, 11) is 1.37. The van der Waals surface area contributed by atoms with Crippen molar-refractivity contribution in [3.63, 3.8) is 0 Å². The van der Waals surface area contributed by atoms with Crippen molar-refractivity contribution in [3.8, 4) is 0 Å². The number of carbonyl (C=O) groups is 2. The van der Waals surface area contributed by atoms with E-state index in [0.29, 0.717) is 19.5 Å². The lowest BCUT2D eigenvalue weighted by Crippen LogP contribution is -2.42. The van der Waals surface area contributed by atoms with Gasteiger partial charge in [0.1, 0.15) is 10.3 Å². The number of thioether (sulfide) groups is 1. The molecule has 1 rings (SSSR count). The fourth-order valence-electron chi connectivity index (χ4n) is 1.87. The predicted molar refractivity (Wildman–Crippen MR) is 70.7 cm³/mol.